The smallest absolute Gasteiger partial charge is 0.339 e. The van der Waals surface area contributed by atoms with E-state index in [1.165, 1.54) is 27.4 Å². The van der Waals surface area contributed by atoms with Crippen LogP contribution >= 0.6 is 31.9 Å². The van der Waals surface area contributed by atoms with Crippen molar-refractivity contribution >= 4 is 43.8 Å². The standard InChI is InChI=1S/C13H14Br2O6/c1-18-6-21-11-7(10(15)13(17)20-3)4-5-8(9(11)14)12(16)19-2/h4-5,10H,6H2,1-3H3. The average molecular weight is 426 g/mol. The summed E-state index contributed by atoms with van der Waals surface area (Å²) in [5.74, 6) is -0.720. The van der Waals surface area contributed by atoms with Crippen molar-refractivity contribution in [3.05, 3.63) is 27.7 Å². The van der Waals surface area contributed by atoms with Crippen molar-refractivity contribution in [1.82, 2.24) is 0 Å². The van der Waals surface area contributed by atoms with Gasteiger partial charge < -0.3 is 18.9 Å². The Kier molecular flexibility index (Phi) is 7.13. The van der Waals surface area contributed by atoms with Crippen molar-refractivity contribution in [2.24, 2.45) is 0 Å². The fourth-order valence-corrected chi connectivity index (χ4v) is 2.72. The molecular formula is C13H14Br2O6. The molecule has 21 heavy (non-hydrogen) atoms. The normalized spacial score (nSPS) is 11.7. The number of alkyl halides is 1. The van der Waals surface area contributed by atoms with Crippen molar-refractivity contribution in [2.45, 2.75) is 4.83 Å². The largest absolute Gasteiger partial charge is 0.468 e. The summed E-state index contributed by atoms with van der Waals surface area (Å²) in [5, 5.41) is 0. The van der Waals surface area contributed by atoms with Gasteiger partial charge in [0.2, 0.25) is 0 Å². The minimum atomic E-state index is -0.739. The lowest BCUT2D eigenvalue weighted by atomic mass is 10.1. The van der Waals surface area contributed by atoms with Gasteiger partial charge in [0.05, 0.1) is 24.3 Å². The molecule has 8 heteroatoms. The van der Waals surface area contributed by atoms with E-state index in [1.54, 1.807) is 6.07 Å². The number of methoxy groups -OCH3 is 3. The Morgan fingerprint density at radius 2 is 1.86 bits per heavy atom. The molecule has 0 bridgehead atoms. The lowest BCUT2D eigenvalue weighted by Crippen LogP contribution is -2.13. The first-order valence-electron chi connectivity index (χ1n) is 5.72. The van der Waals surface area contributed by atoms with Crippen LogP contribution in [0.5, 0.6) is 5.75 Å². The lowest BCUT2D eigenvalue weighted by molar-refractivity contribution is -0.139. The second kappa shape index (κ2) is 8.35. The quantitative estimate of drug-likeness (QED) is 0.396. The van der Waals surface area contributed by atoms with Crippen LogP contribution in [0.1, 0.15) is 20.7 Å². The molecule has 0 aromatic heterocycles. The van der Waals surface area contributed by atoms with E-state index in [-0.39, 0.29) is 12.4 Å². The number of rotatable bonds is 6. The van der Waals surface area contributed by atoms with Crippen LogP contribution in [0.4, 0.5) is 0 Å². The molecule has 0 saturated carbocycles. The maximum absolute atomic E-state index is 11.7. The maximum atomic E-state index is 11.7. The van der Waals surface area contributed by atoms with Crippen LogP contribution in [0.25, 0.3) is 0 Å². The Hall–Kier alpha value is -1.12. The summed E-state index contributed by atoms with van der Waals surface area (Å²) in [6.07, 6.45) is 0. The average Bonchev–Trinajstić information content (AvgIpc) is 2.51. The Labute approximate surface area is 138 Å². The minimum Gasteiger partial charge on any atom is -0.468 e. The third kappa shape index (κ3) is 4.18. The van der Waals surface area contributed by atoms with Gasteiger partial charge in [0.25, 0.3) is 0 Å². The Bertz CT molecular complexity index is 532. The first-order chi connectivity index (χ1) is 9.97. The molecule has 116 valence electrons. The molecule has 0 saturated heterocycles. The van der Waals surface area contributed by atoms with Crippen molar-refractivity contribution in [3.8, 4) is 5.75 Å². The molecule has 0 fully saturated rings. The minimum absolute atomic E-state index is 0.0445. The zero-order valence-corrected chi connectivity index (χ0v) is 14.8. The fourth-order valence-electron chi connectivity index (χ4n) is 1.53. The molecular weight excluding hydrogens is 412 g/mol. The fraction of sp³-hybridized carbons (Fsp3) is 0.385. The van der Waals surface area contributed by atoms with Crippen LogP contribution in [0, 0.1) is 0 Å². The molecule has 0 aliphatic rings. The third-order valence-electron chi connectivity index (χ3n) is 2.54. The van der Waals surface area contributed by atoms with Gasteiger partial charge in [-0.15, -0.1) is 0 Å². The molecule has 1 aromatic carbocycles. The highest BCUT2D eigenvalue weighted by Gasteiger charge is 2.26. The lowest BCUT2D eigenvalue weighted by Gasteiger charge is -2.17. The van der Waals surface area contributed by atoms with Crippen LogP contribution in [-0.2, 0) is 19.0 Å². The van der Waals surface area contributed by atoms with E-state index in [0.29, 0.717) is 15.8 Å². The van der Waals surface area contributed by atoms with E-state index in [1.807, 2.05) is 0 Å². The number of hydrogen-bond acceptors (Lipinski definition) is 6. The second-order valence-corrected chi connectivity index (χ2v) is 5.48. The number of carbonyl (C=O) groups is 2. The highest BCUT2D eigenvalue weighted by molar-refractivity contribution is 9.10. The van der Waals surface area contributed by atoms with Crippen LogP contribution < -0.4 is 4.74 Å². The topological polar surface area (TPSA) is 71.1 Å². The molecule has 1 aromatic rings. The van der Waals surface area contributed by atoms with E-state index >= 15 is 0 Å². The number of carbonyl (C=O) groups excluding carboxylic acids is 2. The van der Waals surface area contributed by atoms with E-state index < -0.39 is 16.8 Å². The van der Waals surface area contributed by atoms with Crippen molar-refractivity contribution in [2.75, 3.05) is 28.1 Å². The zero-order valence-electron chi connectivity index (χ0n) is 11.6. The third-order valence-corrected chi connectivity index (χ3v) is 4.19. The molecule has 0 aliphatic carbocycles. The molecule has 6 nitrogen and oxygen atoms in total. The van der Waals surface area contributed by atoms with Gasteiger partial charge in [-0.25, -0.2) is 4.79 Å². The molecule has 0 aliphatic heterocycles. The summed E-state index contributed by atoms with van der Waals surface area (Å²) in [7, 11) is 4.02. The number of halogens is 2. The Balaban J connectivity index is 3.33. The van der Waals surface area contributed by atoms with Gasteiger partial charge in [0.15, 0.2) is 6.79 Å². The van der Waals surface area contributed by atoms with Crippen LogP contribution in [0.15, 0.2) is 16.6 Å². The predicted molar refractivity (Wildman–Crippen MR) is 81.7 cm³/mol. The molecule has 0 radical (unpaired) electrons. The second-order valence-electron chi connectivity index (χ2n) is 3.77. The summed E-state index contributed by atoms with van der Waals surface area (Å²) >= 11 is 6.52. The van der Waals surface area contributed by atoms with Gasteiger partial charge in [-0.1, -0.05) is 22.0 Å². The molecule has 0 amide bonds. The number of ether oxygens (including phenoxy) is 4. The molecule has 0 spiro atoms. The van der Waals surface area contributed by atoms with E-state index in [2.05, 4.69) is 41.3 Å². The number of benzene rings is 1. The summed E-state index contributed by atoms with van der Waals surface area (Å²) < 4.78 is 20.1. The first kappa shape index (κ1) is 17.9. The van der Waals surface area contributed by atoms with Gasteiger partial charge >= 0.3 is 11.9 Å². The van der Waals surface area contributed by atoms with Gasteiger partial charge in [-0.2, -0.15) is 0 Å². The summed E-state index contributed by atoms with van der Waals surface area (Å²) in [6, 6.07) is 3.11. The maximum Gasteiger partial charge on any atom is 0.339 e. The van der Waals surface area contributed by atoms with Crippen molar-refractivity contribution < 1.29 is 28.5 Å². The number of esters is 2. The SMILES string of the molecule is COCOc1c(C(Br)C(=O)OC)ccc(C(=O)OC)c1Br. The van der Waals surface area contributed by atoms with Crippen molar-refractivity contribution in [3.63, 3.8) is 0 Å². The molecule has 0 heterocycles. The predicted octanol–water partition coefficient (Wildman–Crippen LogP) is 2.83. The van der Waals surface area contributed by atoms with Crippen LogP contribution in [-0.4, -0.2) is 40.1 Å². The Morgan fingerprint density at radius 3 is 2.38 bits per heavy atom. The highest BCUT2D eigenvalue weighted by Crippen LogP contribution is 2.39. The van der Waals surface area contributed by atoms with E-state index in [9.17, 15) is 9.59 Å². The van der Waals surface area contributed by atoms with Crippen LogP contribution in [0.3, 0.4) is 0 Å². The highest BCUT2D eigenvalue weighted by atomic mass is 79.9. The summed E-state index contributed by atoms with van der Waals surface area (Å²) in [6.45, 7) is -0.0445. The zero-order chi connectivity index (χ0) is 16.0. The van der Waals surface area contributed by atoms with Crippen molar-refractivity contribution in [1.29, 1.82) is 0 Å². The van der Waals surface area contributed by atoms with Gasteiger partial charge in [0, 0.05) is 12.7 Å². The molecule has 0 N–H and O–H groups in total. The summed E-state index contributed by atoms with van der Waals surface area (Å²) in [5.41, 5.74) is 0.773. The van der Waals surface area contributed by atoms with E-state index in [0.717, 1.165) is 0 Å². The summed E-state index contributed by atoms with van der Waals surface area (Å²) in [4.78, 5) is 22.6. The molecule has 1 rings (SSSR count). The molecule has 1 atom stereocenters. The monoisotopic (exact) mass is 424 g/mol. The Morgan fingerprint density at radius 1 is 1.19 bits per heavy atom. The molecule has 1 unspecified atom stereocenters. The van der Waals surface area contributed by atoms with Gasteiger partial charge in [-0.3, -0.25) is 4.79 Å². The van der Waals surface area contributed by atoms with Gasteiger partial charge in [0.1, 0.15) is 10.6 Å². The van der Waals surface area contributed by atoms with E-state index in [4.69, 9.17) is 9.47 Å². The first-order valence-corrected chi connectivity index (χ1v) is 7.43. The van der Waals surface area contributed by atoms with Crippen LogP contribution in [0.2, 0.25) is 0 Å². The number of hydrogen-bond donors (Lipinski definition) is 0. The van der Waals surface area contributed by atoms with Gasteiger partial charge in [-0.05, 0) is 22.0 Å².